The molecule has 1 aliphatic carbocycles. The van der Waals surface area contributed by atoms with Gasteiger partial charge in [-0.1, -0.05) is 26.2 Å². The first-order chi connectivity index (χ1) is 8.22. The quantitative estimate of drug-likeness (QED) is 0.741. The molecule has 0 N–H and O–H groups in total. The summed E-state index contributed by atoms with van der Waals surface area (Å²) in [5, 5.41) is 0. The Bertz CT molecular complexity index is 400. The van der Waals surface area contributed by atoms with Crippen LogP contribution in [0.3, 0.4) is 0 Å². The summed E-state index contributed by atoms with van der Waals surface area (Å²) in [7, 11) is 0. The third kappa shape index (κ3) is 2.74. The summed E-state index contributed by atoms with van der Waals surface area (Å²) in [6.07, 6.45) is 9.37. The Hall–Kier alpha value is -1.18. The number of hydrogen-bond donors (Lipinski definition) is 0. The highest BCUT2D eigenvalue weighted by Crippen LogP contribution is 2.33. The van der Waals surface area contributed by atoms with Crippen LogP contribution in [0.15, 0.2) is 18.5 Å². The van der Waals surface area contributed by atoms with Gasteiger partial charge < -0.3 is 0 Å². The molecular formula is C15H21NO. The fourth-order valence-corrected chi connectivity index (χ4v) is 2.87. The number of aromatic nitrogens is 1. The predicted molar refractivity (Wildman–Crippen MR) is 69.0 cm³/mol. The number of Topliss-reactive ketones (excluding diaryl/α,β-unsaturated/α-hetero) is 1. The van der Waals surface area contributed by atoms with Crippen LogP contribution in [0.2, 0.25) is 0 Å². The van der Waals surface area contributed by atoms with Crippen LogP contribution < -0.4 is 0 Å². The maximum absolute atomic E-state index is 12.5. The highest BCUT2D eigenvalue weighted by molar-refractivity contribution is 5.99. The molecule has 0 aromatic carbocycles. The number of hydrogen-bond acceptors (Lipinski definition) is 2. The summed E-state index contributed by atoms with van der Waals surface area (Å²) in [6, 6.07) is 1.87. The number of aryl methyl sites for hydroxylation is 1. The first-order valence-corrected chi connectivity index (χ1v) is 6.67. The molecule has 92 valence electrons. The molecule has 2 nitrogen and oxygen atoms in total. The van der Waals surface area contributed by atoms with Crippen LogP contribution in [-0.4, -0.2) is 10.8 Å². The Balaban J connectivity index is 2.12. The van der Waals surface area contributed by atoms with E-state index in [2.05, 4.69) is 11.9 Å². The summed E-state index contributed by atoms with van der Waals surface area (Å²) < 4.78 is 0. The smallest absolute Gasteiger partial charge is 0.166 e. The van der Waals surface area contributed by atoms with Crippen LogP contribution >= 0.6 is 0 Å². The minimum Gasteiger partial charge on any atom is -0.294 e. The van der Waals surface area contributed by atoms with Crippen molar-refractivity contribution < 1.29 is 4.79 Å². The molecule has 0 amide bonds. The Kier molecular flexibility index (Phi) is 3.93. The lowest BCUT2D eigenvalue weighted by molar-refractivity contribution is 0.0861. The second kappa shape index (κ2) is 5.44. The number of nitrogens with zero attached hydrogens (tertiary/aromatic N) is 1. The minimum absolute atomic E-state index is 0.245. The average molecular weight is 231 g/mol. The lowest BCUT2D eigenvalue weighted by Crippen LogP contribution is -2.23. The van der Waals surface area contributed by atoms with Gasteiger partial charge in [0.25, 0.3) is 0 Å². The number of carbonyl (C=O) groups excluding carboxylic acids is 1. The van der Waals surface area contributed by atoms with Crippen molar-refractivity contribution in [3.8, 4) is 0 Å². The molecule has 1 aromatic rings. The van der Waals surface area contributed by atoms with Crippen molar-refractivity contribution in [3.63, 3.8) is 0 Å². The number of carbonyl (C=O) groups is 1. The Labute approximate surface area is 103 Å². The van der Waals surface area contributed by atoms with E-state index in [0.29, 0.717) is 5.78 Å². The van der Waals surface area contributed by atoms with Crippen LogP contribution in [0, 0.1) is 18.8 Å². The molecule has 1 aromatic heterocycles. The zero-order valence-corrected chi connectivity index (χ0v) is 10.8. The number of ketones is 1. The Morgan fingerprint density at radius 1 is 1.47 bits per heavy atom. The second-order valence-corrected chi connectivity index (χ2v) is 5.19. The molecule has 0 saturated heterocycles. The maximum atomic E-state index is 12.5. The van der Waals surface area contributed by atoms with Gasteiger partial charge >= 0.3 is 0 Å². The van der Waals surface area contributed by atoms with E-state index in [1.165, 1.54) is 19.3 Å². The maximum Gasteiger partial charge on any atom is 0.166 e. The molecule has 1 fully saturated rings. The van der Waals surface area contributed by atoms with E-state index in [0.717, 1.165) is 29.9 Å². The predicted octanol–water partition coefficient (Wildman–Crippen LogP) is 3.79. The third-order valence-corrected chi connectivity index (χ3v) is 4.02. The fraction of sp³-hybridized carbons (Fsp3) is 0.600. The van der Waals surface area contributed by atoms with Gasteiger partial charge in [-0.15, -0.1) is 0 Å². The van der Waals surface area contributed by atoms with E-state index in [4.69, 9.17) is 0 Å². The van der Waals surface area contributed by atoms with Crippen LogP contribution in [0.4, 0.5) is 0 Å². The van der Waals surface area contributed by atoms with Crippen molar-refractivity contribution in [3.05, 3.63) is 29.6 Å². The van der Waals surface area contributed by atoms with Crippen molar-refractivity contribution in [2.24, 2.45) is 11.8 Å². The van der Waals surface area contributed by atoms with Crippen LogP contribution in [0.25, 0.3) is 0 Å². The molecule has 2 heteroatoms. The standard InChI is InChI=1S/C15H21NO/c1-3-12-5-4-6-13(9-12)15(17)14-7-8-16-10-11(14)2/h7-8,10,12-13H,3-6,9H2,1-2H3. The molecule has 0 radical (unpaired) electrons. The van der Waals surface area contributed by atoms with Crippen LogP contribution in [-0.2, 0) is 0 Å². The van der Waals surface area contributed by atoms with Crippen molar-refractivity contribution in [1.29, 1.82) is 0 Å². The summed E-state index contributed by atoms with van der Waals surface area (Å²) in [5.74, 6) is 1.33. The Morgan fingerprint density at radius 2 is 2.29 bits per heavy atom. The van der Waals surface area contributed by atoms with E-state index in [9.17, 15) is 4.79 Å². The normalized spacial score (nSPS) is 24.6. The fourth-order valence-electron chi connectivity index (χ4n) is 2.87. The highest BCUT2D eigenvalue weighted by Gasteiger charge is 2.27. The zero-order chi connectivity index (χ0) is 12.3. The molecule has 1 aliphatic rings. The molecule has 2 atom stereocenters. The van der Waals surface area contributed by atoms with Gasteiger partial charge in [-0.25, -0.2) is 0 Å². The second-order valence-electron chi connectivity index (χ2n) is 5.19. The van der Waals surface area contributed by atoms with E-state index in [-0.39, 0.29) is 5.92 Å². The van der Waals surface area contributed by atoms with Crippen molar-refractivity contribution in [2.45, 2.75) is 46.0 Å². The number of pyridine rings is 1. The van der Waals surface area contributed by atoms with Crippen molar-refractivity contribution in [1.82, 2.24) is 4.98 Å². The van der Waals surface area contributed by atoms with Gasteiger partial charge in [-0.3, -0.25) is 9.78 Å². The summed E-state index contributed by atoms with van der Waals surface area (Å²) >= 11 is 0. The van der Waals surface area contributed by atoms with Gasteiger partial charge in [0, 0.05) is 23.9 Å². The molecule has 1 heterocycles. The molecule has 2 unspecified atom stereocenters. The monoisotopic (exact) mass is 231 g/mol. The van der Waals surface area contributed by atoms with Gasteiger partial charge in [0.2, 0.25) is 0 Å². The van der Waals surface area contributed by atoms with Gasteiger partial charge in [0.1, 0.15) is 0 Å². The van der Waals surface area contributed by atoms with Crippen LogP contribution in [0.5, 0.6) is 0 Å². The minimum atomic E-state index is 0.245. The SMILES string of the molecule is CCC1CCCC(C(=O)c2ccncc2C)C1. The highest BCUT2D eigenvalue weighted by atomic mass is 16.1. The molecule has 0 aliphatic heterocycles. The summed E-state index contributed by atoms with van der Waals surface area (Å²) in [6.45, 7) is 4.20. The van der Waals surface area contributed by atoms with E-state index < -0.39 is 0 Å². The van der Waals surface area contributed by atoms with Crippen molar-refractivity contribution >= 4 is 5.78 Å². The van der Waals surface area contributed by atoms with Gasteiger partial charge in [0.15, 0.2) is 5.78 Å². The average Bonchev–Trinajstić information content (AvgIpc) is 2.38. The third-order valence-electron chi connectivity index (χ3n) is 4.02. The first-order valence-electron chi connectivity index (χ1n) is 6.67. The lowest BCUT2D eigenvalue weighted by atomic mass is 9.77. The zero-order valence-electron chi connectivity index (χ0n) is 10.8. The molecule has 2 rings (SSSR count). The van der Waals surface area contributed by atoms with Gasteiger partial charge in [-0.05, 0) is 37.3 Å². The van der Waals surface area contributed by atoms with E-state index >= 15 is 0 Å². The Morgan fingerprint density at radius 3 is 3.00 bits per heavy atom. The molecule has 0 bridgehead atoms. The van der Waals surface area contributed by atoms with E-state index in [1.807, 2.05) is 13.0 Å². The topological polar surface area (TPSA) is 30.0 Å². The molecule has 1 saturated carbocycles. The van der Waals surface area contributed by atoms with Gasteiger partial charge in [0.05, 0.1) is 0 Å². The molecular weight excluding hydrogens is 210 g/mol. The molecule has 0 spiro atoms. The lowest BCUT2D eigenvalue weighted by Gasteiger charge is -2.27. The summed E-state index contributed by atoms with van der Waals surface area (Å²) in [5.41, 5.74) is 1.89. The van der Waals surface area contributed by atoms with Crippen molar-refractivity contribution in [2.75, 3.05) is 0 Å². The largest absolute Gasteiger partial charge is 0.294 e. The summed E-state index contributed by atoms with van der Waals surface area (Å²) in [4.78, 5) is 16.5. The molecule has 17 heavy (non-hydrogen) atoms. The van der Waals surface area contributed by atoms with E-state index in [1.54, 1.807) is 12.4 Å². The first kappa shape index (κ1) is 12.3. The number of rotatable bonds is 3. The van der Waals surface area contributed by atoms with Gasteiger partial charge in [-0.2, -0.15) is 0 Å². The van der Waals surface area contributed by atoms with Crippen LogP contribution in [0.1, 0.15) is 54.9 Å².